The molecule has 0 radical (unpaired) electrons. The average Bonchev–Trinajstić information content (AvgIpc) is 2.38. The smallest absolute Gasteiger partial charge is 0.226 e. The highest BCUT2D eigenvalue weighted by Crippen LogP contribution is 2.17. The molecule has 0 spiro atoms. The Labute approximate surface area is 127 Å². The molecular formula is C17H26N2O2. The Morgan fingerprint density at radius 2 is 1.67 bits per heavy atom. The van der Waals surface area contributed by atoms with Crippen molar-refractivity contribution >= 4 is 17.5 Å². The molecule has 0 heterocycles. The first kappa shape index (κ1) is 17.2. The summed E-state index contributed by atoms with van der Waals surface area (Å²) in [6.45, 7) is 10.2. The molecule has 0 aliphatic carbocycles. The Morgan fingerprint density at radius 3 is 2.14 bits per heavy atom. The van der Waals surface area contributed by atoms with Crippen LogP contribution in [0.4, 0.5) is 5.69 Å². The number of nitrogens with one attached hydrogen (secondary N) is 2. The highest BCUT2D eigenvalue weighted by molar-refractivity contribution is 5.91. The summed E-state index contributed by atoms with van der Waals surface area (Å²) >= 11 is 0. The van der Waals surface area contributed by atoms with Gasteiger partial charge in [-0.25, -0.2) is 0 Å². The zero-order chi connectivity index (χ0) is 16.0. The van der Waals surface area contributed by atoms with Gasteiger partial charge in [-0.2, -0.15) is 0 Å². The Bertz CT molecular complexity index is 485. The van der Waals surface area contributed by atoms with Gasteiger partial charge in [0.05, 0.1) is 0 Å². The van der Waals surface area contributed by atoms with Gasteiger partial charge in [-0.3, -0.25) is 9.59 Å². The minimum absolute atomic E-state index is 0.0448. The summed E-state index contributed by atoms with van der Waals surface area (Å²) < 4.78 is 0. The molecule has 2 amide bonds. The van der Waals surface area contributed by atoms with Gasteiger partial charge >= 0.3 is 0 Å². The predicted molar refractivity (Wildman–Crippen MR) is 86.2 cm³/mol. The van der Waals surface area contributed by atoms with E-state index in [0.29, 0.717) is 12.5 Å². The van der Waals surface area contributed by atoms with Crippen LogP contribution in [0.25, 0.3) is 0 Å². The van der Waals surface area contributed by atoms with E-state index in [2.05, 4.69) is 24.5 Å². The topological polar surface area (TPSA) is 58.2 Å². The van der Waals surface area contributed by atoms with E-state index in [1.165, 1.54) is 5.56 Å². The fourth-order valence-electron chi connectivity index (χ4n) is 1.73. The van der Waals surface area contributed by atoms with Crippen molar-refractivity contribution in [1.82, 2.24) is 5.32 Å². The van der Waals surface area contributed by atoms with Crippen LogP contribution in [0.15, 0.2) is 24.3 Å². The molecule has 2 N–H and O–H groups in total. The lowest BCUT2D eigenvalue weighted by Crippen LogP contribution is -2.36. The number of hydrogen-bond acceptors (Lipinski definition) is 2. The molecule has 1 aromatic rings. The zero-order valence-corrected chi connectivity index (χ0v) is 13.6. The first-order chi connectivity index (χ1) is 9.70. The molecule has 21 heavy (non-hydrogen) atoms. The number of amides is 2. The van der Waals surface area contributed by atoms with Gasteiger partial charge < -0.3 is 10.6 Å². The van der Waals surface area contributed by atoms with Gasteiger partial charge in [-0.15, -0.1) is 0 Å². The standard InChI is InChI=1S/C17H26N2O2/c1-12(2)13-6-8-14(9-7-13)19-15(20)10-11-18-16(21)17(3,4)5/h6-9,12H,10-11H2,1-5H3,(H,18,21)(H,19,20). The van der Waals surface area contributed by atoms with Crippen molar-refractivity contribution in [1.29, 1.82) is 0 Å². The van der Waals surface area contributed by atoms with Crippen LogP contribution in [0.1, 0.15) is 52.5 Å². The van der Waals surface area contributed by atoms with Crippen LogP contribution in [0.3, 0.4) is 0 Å². The van der Waals surface area contributed by atoms with Crippen LogP contribution < -0.4 is 10.6 Å². The van der Waals surface area contributed by atoms with E-state index in [0.717, 1.165) is 5.69 Å². The van der Waals surface area contributed by atoms with Crippen LogP contribution in [0.2, 0.25) is 0 Å². The lowest BCUT2D eigenvalue weighted by molar-refractivity contribution is -0.128. The van der Waals surface area contributed by atoms with E-state index >= 15 is 0 Å². The van der Waals surface area contributed by atoms with Gasteiger partial charge in [0.1, 0.15) is 0 Å². The van der Waals surface area contributed by atoms with E-state index in [4.69, 9.17) is 0 Å². The molecule has 0 bridgehead atoms. The Balaban J connectivity index is 2.39. The number of rotatable bonds is 5. The van der Waals surface area contributed by atoms with Gasteiger partial charge in [-0.1, -0.05) is 46.8 Å². The van der Waals surface area contributed by atoms with E-state index < -0.39 is 5.41 Å². The fourth-order valence-corrected chi connectivity index (χ4v) is 1.73. The minimum atomic E-state index is -0.427. The van der Waals surface area contributed by atoms with Gasteiger partial charge in [-0.05, 0) is 23.6 Å². The molecule has 1 rings (SSSR count). The van der Waals surface area contributed by atoms with E-state index in [-0.39, 0.29) is 18.2 Å². The summed E-state index contributed by atoms with van der Waals surface area (Å²) in [5.74, 6) is 0.334. The summed E-state index contributed by atoms with van der Waals surface area (Å²) in [7, 11) is 0. The van der Waals surface area contributed by atoms with Gasteiger partial charge in [0, 0.05) is 24.1 Å². The fraction of sp³-hybridized carbons (Fsp3) is 0.529. The Hall–Kier alpha value is -1.84. The molecule has 0 unspecified atom stereocenters. The van der Waals surface area contributed by atoms with E-state index in [1.807, 2.05) is 45.0 Å². The third kappa shape index (κ3) is 5.98. The lowest BCUT2D eigenvalue weighted by atomic mass is 9.96. The van der Waals surface area contributed by atoms with Crippen LogP contribution in [-0.2, 0) is 9.59 Å². The highest BCUT2D eigenvalue weighted by Gasteiger charge is 2.20. The normalized spacial score (nSPS) is 11.3. The van der Waals surface area contributed by atoms with Gasteiger partial charge in [0.25, 0.3) is 0 Å². The van der Waals surface area contributed by atoms with Crippen molar-refractivity contribution in [2.45, 2.75) is 47.0 Å². The number of carbonyl (C=O) groups excluding carboxylic acids is 2. The van der Waals surface area contributed by atoms with E-state index in [9.17, 15) is 9.59 Å². The second-order valence-electron chi connectivity index (χ2n) is 6.58. The first-order valence-corrected chi connectivity index (χ1v) is 7.38. The van der Waals surface area contributed by atoms with Crippen molar-refractivity contribution < 1.29 is 9.59 Å². The maximum atomic E-state index is 11.8. The maximum absolute atomic E-state index is 11.8. The molecule has 0 atom stereocenters. The van der Waals surface area contributed by atoms with Gasteiger partial charge in [0.15, 0.2) is 0 Å². The monoisotopic (exact) mass is 290 g/mol. The second-order valence-corrected chi connectivity index (χ2v) is 6.58. The number of carbonyl (C=O) groups is 2. The maximum Gasteiger partial charge on any atom is 0.226 e. The number of hydrogen-bond donors (Lipinski definition) is 2. The third-order valence-electron chi connectivity index (χ3n) is 3.18. The average molecular weight is 290 g/mol. The summed E-state index contributed by atoms with van der Waals surface area (Å²) in [6, 6.07) is 7.84. The largest absolute Gasteiger partial charge is 0.355 e. The Kier molecular flexibility index (Phi) is 5.94. The minimum Gasteiger partial charge on any atom is -0.355 e. The predicted octanol–water partition coefficient (Wildman–Crippen LogP) is 3.30. The lowest BCUT2D eigenvalue weighted by Gasteiger charge is -2.17. The summed E-state index contributed by atoms with van der Waals surface area (Å²) in [5.41, 5.74) is 1.60. The second kappa shape index (κ2) is 7.25. The first-order valence-electron chi connectivity index (χ1n) is 7.38. The summed E-state index contributed by atoms with van der Waals surface area (Å²) in [6.07, 6.45) is 0.272. The number of anilines is 1. The quantitative estimate of drug-likeness (QED) is 0.874. The molecule has 116 valence electrons. The van der Waals surface area contributed by atoms with Crippen LogP contribution in [-0.4, -0.2) is 18.4 Å². The molecule has 1 aromatic carbocycles. The third-order valence-corrected chi connectivity index (χ3v) is 3.18. The molecular weight excluding hydrogens is 264 g/mol. The highest BCUT2D eigenvalue weighted by atomic mass is 16.2. The van der Waals surface area contributed by atoms with Crippen molar-refractivity contribution in [3.63, 3.8) is 0 Å². The molecule has 0 fully saturated rings. The van der Waals surface area contributed by atoms with Crippen molar-refractivity contribution in [3.8, 4) is 0 Å². The molecule has 0 aliphatic rings. The van der Waals surface area contributed by atoms with E-state index in [1.54, 1.807) is 0 Å². The SMILES string of the molecule is CC(C)c1ccc(NC(=O)CCNC(=O)C(C)(C)C)cc1. The zero-order valence-electron chi connectivity index (χ0n) is 13.6. The molecule has 0 aromatic heterocycles. The van der Waals surface area contributed by atoms with Crippen LogP contribution in [0, 0.1) is 5.41 Å². The van der Waals surface area contributed by atoms with Crippen LogP contribution >= 0.6 is 0 Å². The van der Waals surface area contributed by atoms with Crippen molar-refractivity contribution in [2.75, 3.05) is 11.9 Å². The number of benzene rings is 1. The molecule has 0 saturated carbocycles. The molecule has 0 saturated heterocycles. The summed E-state index contributed by atoms with van der Waals surface area (Å²) in [4.78, 5) is 23.5. The van der Waals surface area contributed by atoms with Crippen LogP contribution in [0.5, 0.6) is 0 Å². The van der Waals surface area contributed by atoms with Crippen molar-refractivity contribution in [2.24, 2.45) is 5.41 Å². The Morgan fingerprint density at radius 1 is 1.10 bits per heavy atom. The van der Waals surface area contributed by atoms with Gasteiger partial charge in [0.2, 0.25) is 11.8 Å². The summed E-state index contributed by atoms with van der Waals surface area (Å²) in [5, 5.41) is 5.59. The molecule has 0 aliphatic heterocycles. The molecule has 4 nitrogen and oxygen atoms in total. The van der Waals surface area contributed by atoms with Crippen molar-refractivity contribution in [3.05, 3.63) is 29.8 Å². The molecule has 4 heteroatoms.